The van der Waals surface area contributed by atoms with Crippen LogP contribution in [0.2, 0.25) is 0 Å². The van der Waals surface area contributed by atoms with Crippen LogP contribution in [0.25, 0.3) is 0 Å². The number of H-pyrrole nitrogens is 1. The van der Waals surface area contributed by atoms with Gasteiger partial charge in [-0.1, -0.05) is 36.4 Å². The second-order valence-corrected chi connectivity index (χ2v) is 7.57. The van der Waals surface area contributed by atoms with Crippen LogP contribution in [-0.2, 0) is 19.6 Å². The van der Waals surface area contributed by atoms with E-state index in [1.54, 1.807) is 7.11 Å². The summed E-state index contributed by atoms with van der Waals surface area (Å²) in [6.07, 6.45) is -0.617. The highest BCUT2D eigenvalue weighted by molar-refractivity contribution is 5.43. The second-order valence-electron chi connectivity index (χ2n) is 7.57. The molecule has 0 fully saturated rings. The lowest BCUT2D eigenvalue weighted by Gasteiger charge is -2.21. The quantitative estimate of drug-likeness (QED) is 0.410. The van der Waals surface area contributed by atoms with Crippen LogP contribution in [-0.4, -0.2) is 58.6 Å². The van der Waals surface area contributed by atoms with E-state index in [2.05, 4.69) is 37.5 Å². The first-order chi connectivity index (χ1) is 15.0. The lowest BCUT2D eigenvalue weighted by Crippen LogP contribution is -2.32. The number of ether oxygens (including phenoxy) is 2. The normalized spacial score (nSPS) is 12.2. The van der Waals surface area contributed by atoms with Crippen molar-refractivity contribution in [2.45, 2.75) is 32.7 Å². The van der Waals surface area contributed by atoms with Crippen molar-refractivity contribution in [2.75, 3.05) is 27.3 Å². The highest BCUT2D eigenvalue weighted by Crippen LogP contribution is 2.28. The molecule has 1 atom stereocenters. The average molecular weight is 426 g/mol. The number of methoxy groups -OCH3 is 1. The molecule has 3 N–H and O–H groups in total. The molecule has 0 spiro atoms. The Morgan fingerprint density at radius 1 is 1.10 bits per heavy atom. The highest BCUT2D eigenvalue weighted by atomic mass is 16.5. The van der Waals surface area contributed by atoms with Crippen LogP contribution in [0.4, 0.5) is 0 Å². The predicted molar refractivity (Wildman–Crippen MR) is 119 cm³/mol. The van der Waals surface area contributed by atoms with Crippen LogP contribution >= 0.6 is 0 Å². The van der Waals surface area contributed by atoms with Crippen LogP contribution in [0.5, 0.6) is 11.5 Å². The highest BCUT2D eigenvalue weighted by Gasteiger charge is 2.12. The number of nitrogens with zero attached hydrogens (tertiary/aromatic N) is 3. The van der Waals surface area contributed by atoms with Gasteiger partial charge in [0, 0.05) is 19.6 Å². The van der Waals surface area contributed by atoms with Gasteiger partial charge in [-0.3, -0.25) is 10.00 Å². The molecule has 0 saturated heterocycles. The maximum absolute atomic E-state index is 10.4. The molecule has 8 heteroatoms. The number of aromatic nitrogens is 3. The third-order valence-electron chi connectivity index (χ3n) is 4.73. The Morgan fingerprint density at radius 2 is 1.90 bits per heavy atom. The molecule has 8 nitrogen and oxygen atoms in total. The standard InChI is InChI=1S/C23H31N5O3/c1-17-25-23(27-26-17)13-24-12-19-9-10-21(30-3)22(11-19)31-16-20(29)15-28(2)14-18-7-5-4-6-8-18/h4-11,20,24,29H,12-16H2,1-3H3,(H,25,26,27). The van der Waals surface area contributed by atoms with Gasteiger partial charge in [0.1, 0.15) is 18.5 Å². The second kappa shape index (κ2) is 11.5. The number of aliphatic hydroxyl groups excluding tert-OH is 1. The van der Waals surface area contributed by atoms with Crippen LogP contribution in [0.3, 0.4) is 0 Å². The maximum Gasteiger partial charge on any atom is 0.164 e. The van der Waals surface area contributed by atoms with E-state index in [-0.39, 0.29) is 6.61 Å². The number of hydrogen-bond acceptors (Lipinski definition) is 7. The summed E-state index contributed by atoms with van der Waals surface area (Å²) in [5.41, 5.74) is 2.25. The summed E-state index contributed by atoms with van der Waals surface area (Å²) in [7, 11) is 3.59. The predicted octanol–water partition coefficient (Wildman–Crippen LogP) is 2.28. The number of aliphatic hydroxyl groups is 1. The van der Waals surface area contributed by atoms with Crippen molar-refractivity contribution in [3.63, 3.8) is 0 Å². The monoisotopic (exact) mass is 425 g/mol. The Hall–Kier alpha value is -2.94. The Balaban J connectivity index is 1.49. The maximum atomic E-state index is 10.4. The van der Waals surface area contributed by atoms with Crippen LogP contribution < -0.4 is 14.8 Å². The number of nitrogens with one attached hydrogen (secondary N) is 2. The summed E-state index contributed by atoms with van der Waals surface area (Å²) >= 11 is 0. The fourth-order valence-corrected chi connectivity index (χ4v) is 3.29. The topological polar surface area (TPSA) is 95.5 Å². The minimum Gasteiger partial charge on any atom is -0.493 e. The average Bonchev–Trinajstić information content (AvgIpc) is 3.18. The minimum atomic E-state index is -0.617. The number of hydrogen-bond donors (Lipinski definition) is 3. The summed E-state index contributed by atoms with van der Waals surface area (Å²) < 4.78 is 11.3. The van der Waals surface area contributed by atoms with Gasteiger partial charge in [-0.2, -0.15) is 5.10 Å². The number of likely N-dealkylation sites (N-methyl/N-ethyl adjacent to an activating group) is 1. The van der Waals surface area contributed by atoms with E-state index in [9.17, 15) is 5.11 Å². The molecule has 1 aromatic heterocycles. The van der Waals surface area contributed by atoms with Gasteiger partial charge in [0.25, 0.3) is 0 Å². The van der Waals surface area contributed by atoms with E-state index in [1.807, 2.05) is 50.4 Å². The Morgan fingerprint density at radius 3 is 2.61 bits per heavy atom. The molecule has 0 bridgehead atoms. The third kappa shape index (κ3) is 7.36. The first-order valence-electron chi connectivity index (χ1n) is 10.3. The lowest BCUT2D eigenvalue weighted by molar-refractivity contribution is 0.0732. The zero-order valence-corrected chi connectivity index (χ0v) is 18.3. The molecule has 1 unspecified atom stereocenters. The number of rotatable bonds is 12. The van der Waals surface area contributed by atoms with Gasteiger partial charge < -0.3 is 19.9 Å². The van der Waals surface area contributed by atoms with Gasteiger partial charge in [0.05, 0.1) is 13.7 Å². The van der Waals surface area contributed by atoms with Crippen molar-refractivity contribution >= 4 is 0 Å². The molecule has 0 amide bonds. The van der Waals surface area contributed by atoms with E-state index >= 15 is 0 Å². The fourth-order valence-electron chi connectivity index (χ4n) is 3.29. The molecule has 0 aliphatic carbocycles. The van der Waals surface area contributed by atoms with Crippen molar-refractivity contribution in [3.05, 3.63) is 71.3 Å². The van der Waals surface area contributed by atoms with Crippen molar-refractivity contribution in [1.82, 2.24) is 25.4 Å². The Bertz CT molecular complexity index is 932. The van der Waals surface area contributed by atoms with Crippen LogP contribution in [0.1, 0.15) is 22.8 Å². The van der Waals surface area contributed by atoms with E-state index in [0.717, 1.165) is 23.8 Å². The van der Waals surface area contributed by atoms with E-state index in [0.29, 0.717) is 31.1 Å². The van der Waals surface area contributed by atoms with Gasteiger partial charge in [0.15, 0.2) is 17.3 Å². The largest absolute Gasteiger partial charge is 0.493 e. The van der Waals surface area contributed by atoms with Crippen LogP contribution in [0, 0.1) is 6.92 Å². The first kappa shape index (κ1) is 22.7. The molecule has 0 radical (unpaired) electrons. The van der Waals surface area contributed by atoms with Crippen molar-refractivity contribution < 1.29 is 14.6 Å². The summed E-state index contributed by atoms with van der Waals surface area (Å²) in [4.78, 5) is 6.36. The number of aromatic amines is 1. The Kier molecular flexibility index (Phi) is 8.40. The first-order valence-corrected chi connectivity index (χ1v) is 10.3. The van der Waals surface area contributed by atoms with E-state index in [4.69, 9.17) is 9.47 Å². The molecule has 0 saturated carbocycles. The smallest absolute Gasteiger partial charge is 0.164 e. The SMILES string of the molecule is COc1ccc(CNCc2n[nH]c(C)n2)cc1OCC(O)CN(C)Cc1ccccc1. The molecule has 166 valence electrons. The minimum absolute atomic E-state index is 0.183. The molecule has 0 aliphatic rings. The van der Waals surface area contributed by atoms with Crippen LogP contribution in [0.15, 0.2) is 48.5 Å². The zero-order chi connectivity index (χ0) is 22.1. The van der Waals surface area contributed by atoms with Gasteiger partial charge in [-0.05, 0) is 37.2 Å². The fraction of sp³-hybridized carbons (Fsp3) is 0.391. The van der Waals surface area contributed by atoms with E-state index < -0.39 is 6.10 Å². The molecule has 31 heavy (non-hydrogen) atoms. The molecule has 0 aliphatic heterocycles. The van der Waals surface area contributed by atoms with Gasteiger partial charge in [0.2, 0.25) is 0 Å². The summed E-state index contributed by atoms with van der Waals surface area (Å²) in [6, 6.07) is 16.0. The summed E-state index contributed by atoms with van der Waals surface area (Å²) in [5, 5.41) is 20.7. The molecular formula is C23H31N5O3. The number of aryl methyl sites for hydroxylation is 1. The molecule has 1 heterocycles. The Labute approximate surface area is 183 Å². The van der Waals surface area contributed by atoms with E-state index in [1.165, 1.54) is 5.56 Å². The van der Waals surface area contributed by atoms with Gasteiger partial charge in [-0.25, -0.2) is 4.98 Å². The van der Waals surface area contributed by atoms with Crippen molar-refractivity contribution in [2.24, 2.45) is 0 Å². The zero-order valence-electron chi connectivity index (χ0n) is 18.3. The lowest BCUT2D eigenvalue weighted by atomic mass is 10.2. The van der Waals surface area contributed by atoms with Gasteiger partial charge in [-0.15, -0.1) is 0 Å². The molecule has 3 rings (SSSR count). The molecule has 3 aromatic rings. The summed E-state index contributed by atoms with van der Waals surface area (Å²) in [5.74, 6) is 2.77. The molecule has 2 aromatic carbocycles. The van der Waals surface area contributed by atoms with Gasteiger partial charge >= 0.3 is 0 Å². The third-order valence-corrected chi connectivity index (χ3v) is 4.73. The van der Waals surface area contributed by atoms with Crippen molar-refractivity contribution in [3.8, 4) is 11.5 Å². The number of benzene rings is 2. The van der Waals surface area contributed by atoms with Crippen molar-refractivity contribution in [1.29, 1.82) is 0 Å². The summed E-state index contributed by atoms with van der Waals surface area (Å²) in [6.45, 7) is 4.54. The molecular weight excluding hydrogens is 394 g/mol.